The van der Waals surface area contributed by atoms with Crippen LogP contribution in [0.3, 0.4) is 0 Å². The molecule has 116 valence electrons. The van der Waals surface area contributed by atoms with Crippen LogP contribution in [0, 0.1) is 10.1 Å². The molecule has 1 amide bonds. The Morgan fingerprint density at radius 3 is 2.77 bits per heavy atom. The normalized spacial score (nSPS) is 13.4. The van der Waals surface area contributed by atoms with Crippen molar-refractivity contribution < 1.29 is 14.8 Å². The molecule has 7 nitrogen and oxygen atoms in total. The highest BCUT2D eigenvalue weighted by atomic mass is 32.1. The van der Waals surface area contributed by atoms with Crippen molar-refractivity contribution in [1.82, 2.24) is 0 Å². The zero-order chi connectivity index (χ0) is 16.3. The fourth-order valence-electron chi connectivity index (χ4n) is 1.94. The second kappa shape index (κ2) is 6.12. The van der Waals surface area contributed by atoms with Crippen molar-refractivity contribution in [1.29, 1.82) is 0 Å². The maximum Gasteiger partial charge on any atom is 0.270 e. The standard InChI is InChI=1S/C14H15N3O4S/c1-14(19,9-4-5-22-7-9)8-16-12-3-2-10(17(20)21)6-11(12)13(15)18/h2-7,16,19H,8H2,1H3,(H2,15,18). The third kappa shape index (κ3) is 3.41. The molecule has 1 unspecified atom stereocenters. The summed E-state index contributed by atoms with van der Waals surface area (Å²) < 4.78 is 0. The molecule has 0 radical (unpaired) electrons. The number of carbonyl (C=O) groups excluding carboxylic acids is 1. The Hall–Kier alpha value is -2.45. The fourth-order valence-corrected chi connectivity index (χ4v) is 2.73. The van der Waals surface area contributed by atoms with Gasteiger partial charge in [0.1, 0.15) is 5.60 Å². The lowest BCUT2D eigenvalue weighted by atomic mass is 9.99. The molecule has 22 heavy (non-hydrogen) atoms. The Morgan fingerprint density at radius 2 is 2.23 bits per heavy atom. The van der Waals surface area contributed by atoms with Crippen molar-refractivity contribution in [3.8, 4) is 0 Å². The molecule has 2 aromatic rings. The molecule has 1 heterocycles. The molecule has 8 heteroatoms. The zero-order valence-corrected chi connectivity index (χ0v) is 12.6. The SMILES string of the molecule is CC(O)(CNc1ccc([N+](=O)[O-])cc1C(N)=O)c1ccsc1. The van der Waals surface area contributed by atoms with Gasteiger partial charge in [0.25, 0.3) is 11.6 Å². The minimum Gasteiger partial charge on any atom is -0.384 e. The first kappa shape index (κ1) is 15.9. The predicted molar refractivity (Wildman–Crippen MR) is 84.0 cm³/mol. The van der Waals surface area contributed by atoms with Crippen molar-refractivity contribution in [3.63, 3.8) is 0 Å². The Balaban J connectivity index is 2.22. The van der Waals surface area contributed by atoms with Crippen LogP contribution < -0.4 is 11.1 Å². The number of benzene rings is 1. The van der Waals surface area contributed by atoms with Gasteiger partial charge < -0.3 is 16.2 Å². The highest BCUT2D eigenvalue weighted by Crippen LogP contribution is 2.26. The summed E-state index contributed by atoms with van der Waals surface area (Å²) in [6, 6.07) is 5.59. The summed E-state index contributed by atoms with van der Waals surface area (Å²) in [7, 11) is 0. The molecule has 0 aliphatic carbocycles. The molecule has 0 bridgehead atoms. The molecule has 0 fully saturated rings. The summed E-state index contributed by atoms with van der Waals surface area (Å²) in [6.45, 7) is 1.76. The Bertz CT molecular complexity index is 698. The Labute approximate surface area is 130 Å². The number of nitrogens with zero attached hydrogens (tertiary/aromatic N) is 1. The van der Waals surface area contributed by atoms with Gasteiger partial charge in [-0.1, -0.05) is 0 Å². The van der Waals surface area contributed by atoms with Crippen LogP contribution in [0.1, 0.15) is 22.8 Å². The zero-order valence-electron chi connectivity index (χ0n) is 11.8. The molecular weight excluding hydrogens is 306 g/mol. The summed E-state index contributed by atoms with van der Waals surface area (Å²) in [6.07, 6.45) is 0. The molecule has 1 aromatic carbocycles. The van der Waals surface area contributed by atoms with Crippen LogP contribution in [-0.2, 0) is 5.60 Å². The first-order valence-corrected chi connectivity index (χ1v) is 7.33. The van der Waals surface area contributed by atoms with E-state index in [-0.39, 0.29) is 17.8 Å². The van der Waals surface area contributed by atoms with Gasteiger partial charge in [0, 0.05) is 24.4 Å². The van der Waals surface area contributed by atoms with Crippen LogP contribution in [0.2, 0.25) is 0 Å². The molecule has 0 spiro atoms. The summed E-state index contributed by atoms with van der Waals surface area (Å²) >= 11 is 1.46. The fraction of sp³-hybridized carbons (Fsp3) is 0.214. The summed E-state index contributed by atoms with van der Waals surface area (Å²) in [4.78, 5) is 21.6. The van der Waals surface area contributed by atoms with E-state index in [1.807, 2.05) is 10.8 Å². The largest absolute Gasteiger partial charge is 0.384 e. The number of thiophene rings is 1. The van der Waals surface area contributed by atoms with Crippen LogP contribution in [0.25, 0.3) is 0 Å². The Kier molecular flexibility index (Phi) is 4.43. The summed E-state index contributed by atoms with van der Waals surface area (Å²) in [5, 5.41) is 27.8. The lowest BCUT2D eigenvalue weighted by molar-refractivity contribution is -0.384. The number of hydrogen-bond acceptors (Lipinski definition) is 6. The maximum atomic E-state index is 11.4. The van der Waals surface area contributed by atoms with E-state index in [2.05, 4.69) is 5.32 Å². The monoisotopic (exact) mass is 321 g/mol. The van der Waals surface area contributed by atoms with E-state index in [1.54, 1.807) is 13.0 Å². The number of aliphatic hydroxyl groups is 1. The number of carbonyl (C=O) groups is 1. The maximum absolute atomic E-state index is 11.4. The van der Waals surface area contributed by atoms with Gasteiger partial charge in [-0.2, -0.15) is 11.3 Å². The first-order chi connectivity index (χ1) is 10.3. The molecule has 2 rings (SSSR count). The van der Waals surface area contributed by atoms with Crippen LogP contribution in [0.5, 0.6) is 0 Å². The topological polar surface area (TPSA) is 118 Å². The number of hydrogen-bond donors (Lipinski definition) is 3. The summed E-state index contributed by atoms with van der Waals surface area (Å²) in [5.74, 6) is -0.777. The minimum atomic E-state index is -1.14. The van der Waals surface area contributed by atoms with Crippen molar-refractivity contribution in [2.75, 3.05) is 11.9 Å². The van der Waals surface area contributed by atoms with Crippen molar-refractivity contribution in [2.24, 2.45) is 5.73 Å². The number of nitro benzene ring substituents is 1. The van der Waals surface area contributed by atoms with Gasteiger partial charge in [-0.15, -0.1) is 0 Å². The highest BCUT2D eigenvalue weighted by Gasteiger charge is 2.24. The average molecular weight is 321 g/mol. The van der Waals surface area contributed by atoms with E-state index in [0.717, 1.165) is 11.6 Å². The van der Waals surface area contributed by atoms with E-state index < -0.39 is 16.4 Å². The number of rotatable bonds is 6. The third-order valence-electron chi connectivity index (χ3n) is 3.25. The van der Waals surface area contributed by atoms with E-state index >= 15 is 0 Å². The number of nitrogens with two attached hydrogens (primary N) is 1. The summed E-state index contributed by atoms with van der Waals surface area (Å²) in [5.41, 5.74) is 4.99. The molecule has 4 N–H and O–H groups in total. The van der Waals surface area contributed by atoms with Gasteiger partial charge >= 0.3 is 0 Å². The van der Waals surface area contributed by atoms with E-state index in [9.17, 15) is 20.0 Å². The molecule has 0 aliphatic rings. The highest BCUT2D eigenvalue weighted by molar-refractivity contribution is 7.08. The van der Waals surface area contributed by atoms with E-state index in [4.69, 9.17) is 5.73 Å². The van der Waals surface area contributed by atoms with Gasteiger partial charge in [0.2, 0.25) is 0 Å². The van der Waals surface area contributed by atoms with Crippen molar-refractivity contribution in [3.05, 3.63) is 56.3 Å². The second-order valence-corrected chi connectivity index (χ2v) is 5.77. The van der Waals surface area contributed by atoms with E-state index in [0.29, 0.717) is 5.69 Å². The van der Waals surface area contributed by atoms with Crippen LogP contribution in [-0.4, -0.2) is 22.5 Å². The van der Waals surface area contributed by atoms with Gasteiger partial charge in [-0.3, -0.25) is 14.9 Å². The third-order valence-corrected chi connectivity index (χ3v) is 3.93. The van der Waals surface area contributed by atoms with Gasteiger partial charge in [-0.25, -0.2) is 0 Å². The minimum absolute atomic E-state index is 0.00955. The molecule has 0 aliphatic heterocycles. The number of nitrogens with one attached hydrogen (secondary N) is 1. The number of amides is 1. The van der Waals surface area contributed by atoms with Crippen LogP contribution in [0.15, 0.2) is 35.0 Å². The van der Waals surface area contributed by atoms with Crippen LogP contribution in [0.4, 0.5) is 11.4 Å². The first-order valence-electron chi connectivity index (χ1n) is 6.38. The lowest BCUT2D eigenvalue weighted by Gasteiger charge is -2.24. The molecule has 0 saturated heterocycles. The molecule has 1 aromatic heterocycles. The van der Waals surface area contributed by atoms with E-state index in [1.165, 1.54) is 23.5 Å². The smallest absolute Gasteiger partial charge is 0.270 e. The van der Waals surface area contributed by atoms with Crippen molar-refractivity contribution in [2.45, 2.75) is 12.5 Å². The predicted octanol–water partition coefficient (Wildman–Crippen LogP) is 2.07. The van der Waals surface area contributed by atoms with Crippen LogP contribution >= 0.6 is 11.3 Å². The number of non-ortho nitro benzene ring substituents is 1. The molecule has 1 atom stereocenters. The quantitative estimate of drug-likeness (QED) is 0.556. The Morgan fingerprint density at radius 1 is 1.50 bits per heavy atom. The number of primary amides is 1. The lowest BCUT2D eigenvalue weighted by Crippen LogP contribution is -2.31. The number of anilines is 1. The van der Waals surface area contributed by atoms with Gasteiger partial charge in [-0.05, 0) is 35.4 Å². The second-order valence-electron chi connectivity index (χ2n) is 4.99. The number of nitro groups is 1. The molecular formula is C14H15N3O4S. The average Bonchev–Trinajstić information content (AvgIpc) is 2.99. The van der Waals surface area contributed by atoms with Gasteiger partial charge in [0.15, 0.2) is 0 Å². The molecule has 0 saturated carbocycles. The van der Waals surface area contributed by atoms with Gasteiger partial charge in [0.05, 0.1) is 10.5 Å². The van der Waals surface area contributed by atoms with Crippen molar-refractivity contribution >= 4 is 28.6 Å².